The molecule has 1 aromatic carbocycles. The van der Waals surface area contributed by atoms with E-state index in [0.717, 1.165) is 25.2 Å². The number of guanidine groups is 1. The van der Waals surface area contributed by atoms with E-state index in [1.807, 2.05) is 0 Å². The number of ether oxygens (including phenoxy) is 1. The van der Waals surface area contributed by atoms with Crippen molar-refractivity contribution in [3.8, 4) is 5.75 Å². The van der Waals surface area contributed by atoms with Gasteiger partial charge in [0.2, 0.25) is 0 Å². The van der Waals surface area contributed by atoms with Crippen LogP contribution in [0.5, 0.6) is 5.75 Å². The van der Waals surface area contributed by atoms with Crippen LogP contribution in [0, 0.1) is 5.92 Å². The van der Waals surface area contributed by atoms with Crippen molar-refractivity contribution in [3.63, 3.8) is 0 Å². The normalized spacial score (nSPS) is 19.6. The number of alkyl halides is 3. The summed E-state index contributed by atoms with van der Waals surface area (Å²) in [4.78, 5) is 6.71. The van der Waals surface area contributed by atoms with Crippen molar-refractivity contribution in [1.82, 2.24) is 10.2 Å². The monoisotopic (exact) mass is 372 g/mol. The highest BCUT2D eigenvalue weighted by atomic mass is 19.4. The molecule has 5 nitrogen and oxygen atoms in total. The minimum atomic E-state index is -4.68. The van der Waals surface area contributed by atoms with Gasteiger partial charge >= 0.3 is 6.36 Å². The summed E-state index contributed by atoms with van der Waals surface area (Å²) in [5.41, 5.74) is 6.66. The summed E-state index contributed by atoms with van der Waals surface area (Å²) in [6.07, 6.45) is -2.32. The number of benzene rings is 1. The smallest absolute Gasteiger partial charge is 0.406 e. The third kappa shape index (κ3) is 7.11. The number of hydrogen-bond acceptors (Lipinski definition) is 3. The van der Waals surface area contributed by atoms with Crippen molar-refractivity contribution in [2.75, 3.05) is 19.6 Å². The average Bonchev–Trinajstić information content (AvgIpc) is 2.58. The Bertz CT molecular complexity index is 587. The van der Waals surface area contributed by atoms with Crippen molar-refractivity contribution in [1.29, 1.82) is 0 Å². The number of nitrogens with one attached hydrogen (secondary N) is 1. The van der Waals surface area contributed by atoms with E-state index in [-0.39, 0.29) is 5.75 Å². The predicted octanol–water partition coefficient (Wildman–Crippen LogP) is 3.11. The Morgan fingerprint density at radius 3 is 2.65 bits per heavy atom. The van der Waals surface area contributed by atoms with E-state index in [2.05, 4.69) is 33.8 Å². The summed E-state index contributed by atoms with van der Waals surface area (Å²) in [7, 11) is 0. The van der Waals surface area contributed by atoms with Gasteiger partial charge in [0.25, 0.3) is 0 Å². The van der Waals surface area contributed by atoms with E-state index < -0.39 is 6.36 Å². The molecule has 0 radical (unpaired) electrons. The molecule has 1 aliphatic rings. The molecule has 1 saturated heterocycles. The first-order valence-electron chi connectivity index (χ1n) is 8.85. The number of nitrogens with two attached hydrogens (primary N) is 1. The zero-order valence-electron chi connectivity index (χ0n) is 15.2. The summed E-state index contributed by atoms with van der Waals surface area (Å²) >= 11 is 0. The molecule has 0 amide bonds. The summed E-state index contributed by atoms with van der Waals surface area (Å²) in [5, 5.41) is 3.15. The molecule has 146 valence electrons. The number of nitrogens with zero attached hydrogens (tertiary/aromatic N) is 2. The minimum absolute atomic E-state index is 0.247. The van der Waals surface area contributed by atoms with Crippen LogP contribution in [0.1, 0.15) is 32.3 Å². The van der Waals surface area contributed by atoms with E-state index in [1.165, 1.54) is 25.0 Å². The fourth-order valence-corrected chi connectivity index (χ4v) is 3.01. The van der Waals surface area contributed by atoms with E-state index in [9.17, 15) is 13.2 Å². The molecule has 26 heavy (non-hydrogen) atoms. The largest absolute Gasteiger partial charge is 0.573 e. The zero-order valence-corrected chi connectivity index (χ0v) is 15.2. The van der Waals surface area contributed by atoms with Crippen LogP contribution in [-0.4, -0.2) is 42.9 Å². The standard InChI is InChI=1S/C18H27F3N4O/c1-13(2)25-9-3-4-15(12-25)11-24-17(22)23-10-14-5-7-16(8-6-14)26-18(19,20)21/h5-8,13,15H,3-4,9-12H2,1-2H3,(H3,22,23,24). The highest BCUT2D eigenvalue weighted by Gasteiger charge is 2.30. The number of piperidine rings is 1. The lowest BCUT2D eigenvalue weighted by molar-refractivity contribution is -0.274. The van der Waals surface area contributed by atoms with Crippen LogP contribution in [-0.2, 0) is 6.54 Å². The SMILES string of the molecule is CC(C)N1CCCC(CNC(N)=NCc2ccc(OC(F)(F)F)cc2)C1. The Morgan fingerprint density at radius 2 is 2.04 bits per heavy atom. The summed E-state index contributed by atoms with van der Waals surface area (Å²) < 4.78 is 40.2. The van der Waals surface area contributed by atoms with Crippen LogP contribution in [0.15, 0.2) is 29.3 Å². The summed E-state index contributed by atoms with van der Waals surface area (Å²) in [5.74, 6) is 0.643. The van der Waals surface area contributed by atoms with Gasteiger partial charge in [0.1, 0.15) is 5.75 Å². The molecular weight excluding hydrogens is 345 g/mol. The second kappa shape index (κ2) is 9.12. The summed E-state index contributed by atoms with van der Waals surface area (Å²) in [6, 6.07) is 6.17. The first kappa shape index (κ1) is 20.4. The first-order chi connectivity index (χ1) is 12.2. The van der Waals surface area contributed by atoms with Crippen LogP contribution in [0.4, 0.5) is 13.2 Å². The fourth-order valence-electron chi connectivity index (χ4n) is 3.01. The number of halogens is 3. The maximum absolute atomic E-state index is 12.1. The van der Waals surface area contributed by atoms with Crippen molar-refractivity contribution in [3.05, 3.63) is 29.8 Å². The molecule has 1 aromatic rings. The molecular formula is C18H27F3N4O. The molecule has 1 aliphatic heterocycles. The molecule has 2 rings (SSSR count). The quantitative estimate of drug-likeness (QED) is 0.595. The molecule has 0 saturated carbocycles. The van der Waals surface area contributed by atoms with Gasteiger partial charge in [0.05, 0.1) is 6.54 Å². The highest BCUT2D eigenvalue weighted by Crippen LogP contribution is 2.23. The van der Waals surface area contributed by atoms with E-state index in [0.29, 0.717) is 24.5 Å². The topological polar surface area (TPSA) is 62.9 Å². The molecule has 3 N–H and O–H groups in total. The second-order valence-electron chi connectivity index (χ2n) is 6.87. The van der Waals surface area contributed by atoms with Crippen LogP contribution in [0.3, 0.4) is 0 Å². The third-order valence-corrected chi connectivity index (χ3v) is 4.44. The molecule has 0 aliphatic carbocycles. The maximum atomic E-state index is 12.1. The Balaban J connectivity index is 1.77. The highest BCUT2D eigenvalue weighted by molar-refractivity contribution is 5.77. The molecule has 0 bridgehead atoms. The van der Waals surface area contributed by atoms with E-state index >= 15 is 0 Å². The zero-order chi connectivity index (χ0) is 19.2. The Morgan fingerprint density at radius 1 is 1.35 bits per heavy atom. The molecule has 0 aromatic heterocycles. The van der Waals surface area contributed by atoms with Gasteiger partial charge in [-0.3, -0.25) is 0 Å². The van der Waals surface area contributed by atoms with Crippen LogP contribution >= 0.6 is 0 Å². The van der Waals surface area contributed by atoms with Crippen molar-refractivity contribution < 1.29 is 17.9 Å². The molecule has 1 heterocycles. The van der Waals surface area contributed by atoms with Crippen LogP contribution in [0.25, 0.3) is 0 Å². The van der Waals surface area contributed by atoms with Crippen LogP contribution < -0.4 is 15.8 Å². The van der Waals surface area contributed by atoms with Gasteiger partial charge in [0.15, 0.2) is 5.96 Å². The Hall–Kier alpha value is -1.96. The maximum Gasteiger partial charge on any atom is 0.573 e. The fraction of sp³-hybridized carbons (Fsp3) is 0.611. The van der Waals surface area contributed by atoms with E-state index in [4.69, 9.17) is 5.73 Å². The minimum Gasteiger partial charge on any atom is -0.406 e. The number of hydrogen-bond donors (Lipinski definition) is 2. The second-order valence-corrected chi connectivity index (χ2v) is 6.87. The summed E-state index contributed by atoms with van der Waals surface area (Å²) in [6.45, 7) is 7.68. The molecule has 0 spiro atoms. The lowest BCUT2D eigenvalue weighted by Crippen LogP contribution is -2.45. The molecule has 1 unspecified atom stereocenters. The number of aliphatic imine (C=N–C) groups is 1. The van der Waals surface area contributed by atoms with Crippen molar-refractivity contribution >= 4 is 5.96 Å². The van der Waals surface area contributed by atoms with Crippen molar-refractivity contribution in [2.45, 2.75) is 45.6 Å². The van der Waals surface area contributed by atoms with Gasteiger partial charge in [-0.15, -0.1) is 13.2 Å². The van der Waals surface area contributed by atoms with Gasteiger partial charge < -0.3 is 20.7 Å². The van der Waals surface area contributed by atoms with Gasteiger partial charge in [-0.2, -0.15) is 0 Å². The van der Waals surface area contributed by atoms with Gasteiger partial charge in [-0.1, -0.05) is 12.1 Å². The number of likely N-dealkylation sites (tertiary alicyclic amines) is 1. The average molecular weight is 372 g/mol. The Labute approximate surface area is 152 Å². The predicted molar refractivity (Wildman–Crippen MR) is 95.9 cm³/mol. The van der Waals surface area contributed by atoms with Gasteiger partial charge in [0, 0.05) is 19.1 Å². The van der Waals surface area contributed by atoms with Crippen molar-refractivity contribution in [2.24, 2.45) is 16.6 Å². The number of rotatable bonds is 6. The Kier molecular flexibility index (Phi) is 7.14. The van der Waals surface area contributed by atoms with Gasteiger partial charge in [-0.25, -0.2) is 4.99 Å². The molecule has 8 heteroatoms. The molecule has 1 fully saturated rings. The molecule has 1 atom stereocenters. The third-order valence-electron chi connectivity index (χ3n) is 4.44. The van der Waals surface area contributed by atoms with Gasteiger partial charge in [-0.05, 0) is 56.8 Å². The lowest BCUT2D eigenvalue weighted by atomic mass is 9.97. The lowest BCUT2D eigenvalue weighted by Gasteiger charge is -2.35. The van der Waals surface area contributed by atoms with Crippen LogP contribution in [0.2, 0.25) is 0 Å². The van der Waals surface area contributed by atoms with E-state index in [1.54, 1.807) is 12.1 Å². The first-order valence-corrected chi connectivity index (χ1v) is 8.85.